The van der Waals surface area contributed by atoms with Crippen LogP contribution in [0, 0.1) is 6.92 Å². The van der Waals surface area contributed by atoms with Crippen LogP contribution in [0.25, 0.3) is 5.76 Å². The molecule has 2 aromatic carbocycles. The molecule has 1 atom stereocenters. The highest BCUT2D eigenvalue weighted by atomic mass is 35.5. The van der Waals surface area contributed by atoms with Gasteiger partial charge in [-0.05, 0) is 26.0 Å². The largest absolute Gasteiger partial charge is 0.508 e. The number of carbonyl (C=O) groups is 2. The van der Waals surface area contributed by atoms with E-state index in [1.54, 1.807) is 36.4 Å². The van der Waals surface area contributed by atoms with E-state index in [1.165, 1.54) is 6.07 Å². The maximum atomic E-state index is 12.9. The van der Waals surface area contributed by atoms with Gasteiger partial charge in [0.25, 0.3) is 0 Å². The van der Waals surface area contributed by atoms with E-state index in [-0.39, 0.29) is 35.1 Å². The minimum atomic E-state index is -0.777. The van der Waals surface area contributed by atoms with E-state index in [0.29, 0.717) is 17.7 Å². The number of aliphatic hydroxyl groups excluding tert-OH is 1. The van der Waals surface area contributed by atoms with Gasteiger partial charge in [0, 0.05) is 16.7 Å². The van der Waals surface area contributed by atoms with Crippen LogP contribution in [0.3, 0.4) is 0 Å². The van der Waals surface area contributed by atoms with Crippen LogP contribution in [0.5, 0.6) is 5.75 Å². The minimum absolute atomic E-state index is 0. The van der Waals surface area contributed by atoms with Crippen LogP contribution < -0.4 is 5.32 Å². The summed E-state index contributed by atoms with van der Waals surface area (Å²) in [5.74, 6) is -1.60. The number of rotatable bonds is 6. The summed E-state index contributed by atoms with van der Waals surface area (Å²) in [7, 11) is 0. The molecule has 0 bridgehead atoms. The zero-order valence-corrected chi connectivity index (χ0v) is 16.7. The summed E-state index contributed by atoms with van der Waals surface area (Å²) >= 11 is 0. The fourth-order valence-corrected chi connectivity index (χ4v) is 3.35. The zero-order valence-electron chi connectivity index (χ0n) is 15.9. The van der Waals surface area contributed by atoms with Crippen molar-refractivity contribution in [3.05, 3.63) is 70.3 Å². The number of hydrogen-bond donors (Lipinski definition) is 3. The number of phenolic OH excluding ortho intramolecular Hbond substituents is 1. The van der Waals surface area contributed by atoms with Gasteiger partial charge in [-0.2, -0.15) is 0 Å². The Morgan fingerprint density at radius 2 is 1.68 bits per heavy atom. The van der Waals surface area contributed by atoms with Crippen LogP contribution in [0.1, 0.15) is 52.9 Å². The standard InChI is InChI=1S/C22H23NO4.ClH/c1-3-4-11-23-19(16-12-13(2)9-10-17(16)24)18-20(25)14-7-5-6-8-15(14)21(26)22(18)27;/h5-10,12,19,23-25H,3-4,11H2,1-2H3;1H. The number of carbonyl (C=O) groups excluding carboxylic acids is 2. The zero-order chi connectivity index (χ0) is 19.6. The molecule has 0 radical (unpaired) electrons. The third-order valence-corrected chi connectivity index (χ3v) is 4.79. The van der Waals surface area contributed by atoms with Crippen molar-refractivity contribution < 1.29 is 19.8 Å². The van der Waals surface area contributed by atoms with Gasteiger partial charge in [-0.3, -0.25) is 9.59 Å². The van der Waals surface area contributed by atoms with E-state index in [4.69, 9.17) is 0 Å². The molecule has 6 heteroatoms. The van der Waals surface area contributed by atoms with Crippen LogP contribution >= 0.6 is 12.4 Å². The quantitative estimate of drug-likeness (QED) is 0.496. The fourth-order valence-electron chi connectivity index (χ4n) is 3.35. The lowest BCUT2D eigenvalue weighted by molar-refractivity contribution is -0.112. The molecule has 2 aromatic rings. The van der Waals surface area contributed by atoms with Crippen molar-refractivity contribution in [1.29, 1.82) is 0 Å². The highest BCUT2D eigenvalue weighted by Crippen LogP contribution is 2.37. The van der Waals surface area contributed by atoms with E-state index < -0.39 is 17.6 Å². The SMILES string of the molecule is CCCCNC(C1=C(O)c2ccccc2C(=O)C1=O)c1cc(C)ccc1O.Cl. The topological polar surface area (TPSA) is 86.6 Å². The van der Waals surface area contributed by atoms with Gasteiger partial charge in [-0.1, -0.05) is 55.3 Å². The van der Waals surface area contributed by atoms with Crippen molar-refractivity contribution in [2.45, 2.75) is 32.7 Å². The average Bonchev–Trinajstić information content (AvgIpc) is 2.67. The number of hydrogen-bond acceptors (Lipinski definition) is 5. The molecule has 5 nitrogen and oxygen atoms in total. The predicted molar refractivity (Wildman–Crippen MR) is 111 cm³/mol. The molecule has 28 heavy (non-hydrogen) atoms. The Labute approximate surface area is 170 Å². The summed E-state index contributed by atoms with van der Waals surface area (Å²) in [4.78, 5) is 25.5. The second kappa shape index (κ2) is 9.04. The van der Waals surface area contributed by atoms with E-state index in [1.807, 2.05) is 13.8 Å². The Hall–Kier alpha value is -2.63. The molecule has 0 aliphatic heterocycles. The molecule has 148 valence electrons. The summed E-state index contributed by atoms with van der Waals surface area (Å²) in [5, 5.41) is 24.5. The lowest BCUT2D eigenvalue weighted by atomic mass is 9.82. The molecule has 3 N–H and O–H groups in total. The number of ketones is 2. The second-order valence-corrected chi connectivity index (χ2v) is 6.77. The fraction of sp³-hybridized carbons (Fsp3) is 0.273. The molecule has 1 aliphatic rings. The molecular weight excluding hydrogens is 378 g/mol. The maximum absolute atomic E-state index is 12.9. The van der Waals surface area contributed by atoms with Gasteiger partial charge in [0.1, 0.15) is 11.5 Å². The lowest BCUT2D eigenvalue weighted by Gasteiger charge is -2.26. The van der Waals surface area contributed by atoms with Crippen LogP contribution in [-0.2, 0) is 4.79 Å². The Bertz CT molecular complexity index is 936. The van der Waals surface area contributed by atoms with Gasteiger partial charge in [-0.25, -0.2) is 0 Å². The van der Waals surface area contributed by atoms with Crippen LogP contribution in [0.15, 0.2) is 48.0 Å². The first kappa shape index (κ1) is 21.7. The number of phenols is 1. The minimum Gasteiger partial charge on any atom is -0.508 e. The summed E-state index contributed by atoms with van der Waals surface area (Å²) in [6.07, 6.45) is 1.80. The highest BCUT2D eigenvalue weighted by Gasteiger charge is 2.38. The number of fused-ring (bicyclic) bond motifs is 1. The van der Waals surface area contributed by atoms with E-state index >= 15 is 0 Å². The summed E-state index contributed by atoms with van der Waals surface area (Å²) < 4.78 is 0. The molecule has 0 saturated carbocycles. The summed E-state index contributed by atoms with van der Waals surface area (Å²) in [6, 6.07) is 10.8. The van der Waals surface area contributed by atoms with Gasteiger partial charge < -0.3 is 15.5 Å². The van der Waals surface area contributed by atoms with Crippen molar-refractivity contribution in [2.75, 3.05) is 6.54 Å². The molecule has 0 saturated heterocycles. The molecule has 1 aliphatic carbocycles. The first-order chi connectivity index (χ1) is 13.0. The van der Waals surface area contributed by atoms with Crippen LogP contribution in [-0.4, -0.2) is 28.3 Å². The number of nitrogens with one attached hydrogen (secondary N) is 1. The van der Waals surface area contributed by atoms with Gasteiger partial charge >= 0.3 is 0 Å². The molecule has 0 spiro atoms. The number of benzene rings is 2. The van der Waals surface area contributed by atoms with Crippen LogP contribution in [0.4, 0.5) is 0 Å². The molecule has 1 unspecified atom stereocenters. The van der Waals surface area contributed by atoms with E-state index in [2.05, 4.69) is 5.32 Å². The number of halogens is 1. The lowest BCUT2D eigenvalue weighted by Crippen LogP contribution is -2.34. The molecule has 0 heterocycles. The molecule has 0 fully saturated rings. The average molecular weight is 402 g/mol. The summed E-state index contributed by atoms with van der Waals surface area (Å²) in [6.45, 7) is 4.50. The normalized spacial score (nSPS) is 14.5. The van der Waals surface area contributed by atoms with Gasteiger partial charge in [0.05, 0.1) is 11.6 Å². The third kappa shape index (κ3) is 3.96. The number of aliphatic hydroxyl groups is 1. The molecular formula is C22H24ClNO4. The smallest absolute Gasteiger partial charge is 0.235 e. The Morgan fingerprint density at radius 3 is 2.36 bits per heavy atom. The first-order valence-corrected chi connectivity index (χ1v) is 9.10. The molecule has 0 aromatic heterocycles. The summed E-state index contributed by atoms with van der Waals surface area (Å²) in [5.41, 5.74) is 1.89. The van der Waals surface area contributed by atoms with Crippen molar-refractivity contribution in [1.82, 2.24) is 5.32 Å². The number of aromatic hydroxyl groups is 1. The second-order valence-electron chi connectivity index (χ2n) is 6.77. The monoisotopic (exact) mass is 401 g/mol. The Morgan fingerprint density at radius 1 is 1.00 bits per heavy atom. The number of unbranched alkanes of at least 4 members (excludes halogenated alkanes) is 1. The molecule has 3 rings (SSSR count). The maximum Gasteiger partial charge on any atom is 0.235 e. The van der Waals surface area contributed by atoms with Crippen molar-refractivity contribution in [3.8, 4) is 5.75 Å². The molecule has 0 amide bonds. The Balaban J connectivity index is 0.00000280. The van der Waals surface area contributed by atoms with E-state index in [9.17, 15) is 19.8 Å². The first-order valence-electron chi connectivity index (χ1n) is 9.10. The van der Waals surface area contributed by atoms with Gasteiger partial charge in [0.15, 0.2) is 0 Å². The number of Topliss-reactive ketones (excluding diaryl/α,β-unsaturated/α-hetero) is 2. The van der Waals surface area contributed by atoms with Crippen molar-refractivity contribution in [2.24, 2.45) is 0 Å². The number of aryl methyl sites for hydroxylation is 1. The van der Waals surface area contributed by atoms with Crippen LogP contribution in [0.2, 0.25) is 0 Å². The third-order valence-electron chi connectivity index (χ3n) is 4.79. The van der Waals surface area contributed by atoms with Crippen molar-refractivity contribution >= 4 is 29.7 Å². The van der Waals surface area contributed by atoms with Crippen molar-refractivity contribution in [3.63, 3.8) is 0 Å². The Kier molecular flexibility index (Phi) is 7.00. The highest BCUT2D eigenvalue weighted by molar-refractivity contribution is 6.52. The van der Waals surface area contributed by atoms with Gasteiger partial charge in [0.2, 0.25) is 11.6 Å². The predicted octanol–water partition coefficient (Wildman–Crippen LogP) is 4.29. The van der Waals surface area contributed by atoms with Gasteiger partial charge in [-0.15, -0.1) is 12.4 Å². The van der Waals surface area contributed by atoms with E-state index in [0.717, 1.165) is 18.4 Å².